The largest absolute Gasteiger partial charge is 0.418 e. The third-order valence-corrected chi connectivity index (χ3v) is 3.52. The molecule has 2 rings (SSSR count). The van der Waals surface area contributed by atoms with Crippen molar-refractivity contribution in [2.45, 2.75) is 0 Å². The zero-order valence-electron chi connectivity index (χ0n) is 12.7. The minimum atomic E-state index is -4.40. The van der Waals surface area contributed by atoms with Gasteiger partial charge in [0, 0.05) is 24.4 Å². The predicted octanol–water partition coefficient (Wildman–Crippen LogP) is 1.51. The molecular formula is C13H18N5O4S+. The Hall–Kier alpha value is -2.30. The quantitative estimate of drug-likeness (QED) is 0.451. The molecule has 0 amide bonds. The summed E-state index contributed by atoms with van der Waals surface area (Å²) in [5.74, 6) is 0.633. The SMILES string of the molecule is CN(CCOS(=O)(=O)O)c1ccc(N=Nc2[nH]cc[n+]2C)cc1. The summed E-state index contributed by atoms with van der Waals surface area (Å²) in [7, 11) is -0.761. The second kappa shape index (κ2) is 7.31. The molecule has 23 heavy (non-hydrogen) atoms. The lowest BCUT2D eigenvalue weighted by Crippen LogP contribution is -2.24. The Morgan fingerprint density at radius 2 is 2.00 bits per heavy atom. The monoisotopic (exact) mass is 340 g/mol. The molecule has 0 fully saturated rings. The van der Waals surface area contributed by atoms with Crippen molar-refractivity contribution in [2.24, 2.45) is 17.3 Å². The fraction of sp³-hybridized carbons (Fsp3) is 0.308. The van der Waals surface area contributed by atoms with Gasteiger partial charge in [-0.15, -0.1) is 0 Å². The maximum Gasteiger partial charge on any atom is 0.418 e. The highest BCUT2D eigenvalue weighted by Gasteiger charge is 2.07. The van der Waals surface area contributed by atoms with Crippen LogP contribution in [-0.4, -0.2) is 38.2 Å². The van der Waals surface area contributed by atoms with E-state index in [0.29, 0.717) is 18.2 Å². The van der Waals surface area contributed by atoms with Crippen LogP contribution in [0, 0.1) is 0 Å². The summed E-state index contributed by atoms with van der Waals surface area (Å²) < 4.78 is 35.5. The minimum absolute atomic E-state index is 0.139. The highest BCUT2D eigenvalue weighted by Crippen LogP contribution is 2.20. The van der Waals surface area contributed by atoms with E-state index in [9.17, 15) is 8.42 Å². The van der Waals surface area contributed by atoms with Crippen LogP contribution in [0.15, 0.2) is 46.9 Å². The Bertz CT molecular complexity index is 770. The molecule has 0 spiro atoms. The normalized spacial score (nSPS) is 12.0. The van der Waals surface area contributed by atoms with Gasteiger partial charge >= 0.3 is 16.3 Å². The number of aromatic amines is 1. The Morgan fingerprint density at radius 3 is 2.57 bits per heavy atom. The van der Waals surface area contributed by atoms with Crippen LogP contribution in [0.3, 0.4) is 0 Å². The lowest BCUT2D eigenvalue weighted by Gasteiger charge is -2.18. The van der Waals surface area contributed by atoms with Crippen molar-refractivity contribution >= 4 is 27.7 Å². The van der Waals surface area contributed by atoms with Gasteiger partial charge in [-0.1, -0.05) is 5.11 Å². The molecule has 1 heterocycles. The summed E-state index contributed by atoms with van der Waals surface area (Å²) in [6.07, 6.45) is 3.60. The summed E-state index contributed by atoms with van der Waals surface area (Å²) in [5, 5.41) is 8.21. The van der Waals surface area contributed by atoms with Gasteiger partial charge in [0.1, 0.15) is 5.69 Å². The van der Waals surface area contributed by atoms with Gasteiger partial charge < -0.3 is 4.90 Å². The van der Waals surface area contributed by atoms with Crippen molar-refractivity contribution in [3.05, 3.63) is 36.7 Å². The topological polar surface area (TPSA) is 111 Å². The van der Waals surface area contributed by atoms with Crippen LogP contribution in [0.5, 0.6) is 0 Å². The molecule has 10 heteroatoms. The molecule has 0 aliphatic carbocycles. The molecule has 0 atom stereocenters. The van der Waals surface area contributed by atoms with E-state index in [4.69, 9.17) is 4.55 Å². The lowest BCUT2D eigenvalue weighted by atomic mass is 10.2. The molecular weight excluding hydrogens is 322 g/mol. The van der Waals surface area contributed by atoms with E-state index in [0.717, 1.165) is 5.69 Å². The average molecular weight is 340 g/mol. The number of aromatic nitrogens is 2. The number of imidazole rings is 1. The van der Waals surface area contributed by atoms with Crippen molar-refractivity contribution in [1.29, 1.82) is 0 Å². The van der Waals surface area contributed by atoms with Gasteiger partial charge in [0.2, 0.25) is 0 Å². The Kier molecular flexibility index (Phi) is 5.42. The highest BCUT2D eigenvalue weighted by molar-refractivity contribution is 7.80. The molecule has 0 saturated carbocycles. The number of hydrogen-bond donors (Lipinski definition) is 2. The number of benzene rings is 1. The van der Waals surface area contributed by atoms with Crippen molar-refractivity contribution in [2.75, 3.05) is 25.1 Å². The fourth-order valence-electron chi connectivity index (χ4n) is 1.78. The predicted molar refractivity (Wildman–Crippen MR) is 83.4 cm³/mol. The highest BCUT2D eigenvalue weighted by atomic mass is 32.3. The first-order chi connectivity index (χ1) is 10.8. The number of likely N-dealkylation sites (N-methyl/N-ethyl adjacent to an activating group) is 1. The first-order valence-electron chi connectivity index (χ1n) is 6.73. The van der Waals surface area contributed by atoms with Crippen LogP contribution in [0.4, 0.5) is 17.3 Å². The summed E-state index contributed by atoms with van der Waals surface area (Å²) in [5.41, 5.74) is 1.54. The van der Waals surface area contributed by atoms with E-state index in [-0.39, 0.29) is 6.61 Å². The summed E-state index contributed by atoms with van der Waals surface area (Å²) in [6.45, 7) is 0.166. The zero-order chi connectivity index (χ0) is 16.9. The van der Waals surface area contributed by atoms with E-state index in [1.165, 1.54) is 0 Å². The third kappa shape index (κ3) is 5.43. The first-order valence-corrected chi connectivity index (χ1v) is 8.09. The average Bonchev–Trinajstić information content (AvgIpc) is 2.89. The second-order valence-corrected chi connectivity index (χ2v) is 5.87. The van der Waals surface area contributed by atoms with Crippen molar-refractivity contribution in [3.8, 4) is 0 Å². The van der Waals surface area contributed by atoms with E-state index in [1.54, 1.807) is 34.8 Å². The van der Waals surface area contributed by atoms with E-state index >= 15 is 0 Å². The number of nitrogens with one attached hydrogen (secondary N) is 1. The van der Waals surface area contributed by atoms with Gasteiger partial charge in [0.15, 0.2) is 0 Å². The maximum absolute atomic E-state index is 10.5. The third-order valence-electron chi connectivity index (χ3n) is 3.05. The Labute approximate surface area is 134 Å². The summed E-state index contributed by atoms with van der Waals surface area (Å²) in [4.78, 5) is 4.74. The molecule has 0 unspecified atom stereocenters. The standard InChI is InChI=1S/C13H17N5O4S/c1-17(9-10-22-23(19,20)21)12-5-3-11(4-6-12)15-16-13-14-7-8-18(13)2/h3-8H,9-10H2,1-2H3,(H,19,20,21)/p+1. The van der Waals surface area contributed by atoms with E-state index in [2.05, 4.69) is 19.4 Å². The Morgan fingerprint density at radius 1 is 1.30 bits per heavy atom. The van der Waals surface area contributed by atoms with Crippen LogP contribution in [0.2, 0.25) is 0 Å². The minimum Gasteiger partial charge on any atom is -0.372 e. The number of H-pyrrole nitrogens is 1. The van der Waals surface area contributed by atoms with Crippen LogP contribution >= 0.6 is 0 Å². The summed E-state index contributed by atoms with van der Waals surface area (Å²) >= 11 is 0. The molecule has 0 bridgehead atoms. The molecule has 0 aliphatic rings. The maximum atomic E-state index is 10.5. The van der Waals surface area contributed by atoms with Crippen LogP contribution in [-0.2, 0) is 21.6 Å². The van der Waals surface area contributed by atoms with Gasteiger partial charge in [0.25, 0.3) is 0 Å². The van der Waals surface area contributed by atoms with Gasteiger partial charge in [-0.3, -0.25) is 4.55 Å². The van der Waals surface area contributed by atoms with Crippen LogP contribution < -0.4 is 9.47 Å². The second-order valence-electron chi connectivity index (χ2n) is 4.78. The number of hydrogen-bond acceptors (Lipinski definition) is 6. The van der Waals surface area contributed by atoms with Gasteiger partial charge in [-0.05, 0) is 24.3 Å². The molecule has 2 N–H and O–H groups in total. The van der Waals surface area contributed by atoms with Crippen LogP contribution in [0.1, 0.15) is 0 Å². The number of aryl methyl sites for hydroxylation is 1. The van der Waals surface area contributed by atoms with Gasteiger partial charge in [0.05, 0.1) is 26.0 Å². The number of rotatable bonds is 7. The van der Waals surface area contributed by atoms with E-state index in [1.807, 2.05) is 25.4 Å². The molecule has 2 aromatic rings. The van der Waals surface area contributed by atoms with E-state index < -0.39 is 10.4 Å². The molecule has 1 aromatic heterocycles. The molecule has 1 aromatic carbocycles. The van der Waals surface area contributed by atoms with Crippen molar-refractivity contribution < 1.29 is 21.7 Å². The fourth-order valence-corrected chi connectivity index (χ4v) is 2.07. The lowest BCUT2D eigenvalue weighted by molar-refractivity contribution is -0.657. The zero-order valence-corrected chi connectivity index (χ0v) is 13.6. The number of azo groups is 1. The molecule has 0 saturated heterocycles. The summed E-state index contributed by atoms with van der Waals surface area (Å²) in [6, 6.07) is 7.25. The Balaban J connectivity index is 1.93. The first kappa shape index (κ1) is 17.1. The number of nitrogens with zero attached hydrogens (tertiary/aromatic N) is 4. The van der Waals surface area contributed by atoms with Gasteiger partial charge in [-0.25, -0.2) is 13.7 Å². The molecule has 9 nitrogen and oxygen atoms in total. The molecule has 0 aliphatic heterocycles. The van der Waals surface area contributed by atoms with Crippen LogP contribution in [0.25, 0.3) is 0 Å². The smallest absolute Gasteiger partial charge is 0.372 e. The van der Waals surface area contributed by atoms with Crippen molar-refractivity contribution in [3.63, 3.8) is 0 Å². The molecule has 124 valence electrons. The van der Waals surface area contributed by atoms with Crippen molar-refractivity contribution in [1.82, 2.24) is 4.98 Å². The van der Waals surface area contributed by atoms with Gasteiger partial charge in [-0.2, -0.15) is 8.42 Å². The number of anilines is 1. The molecule has 0 radical (unpaired) electrons.